The van der Waals surface area contributed by atoms with Gasteiger partial charge in [-0.3, -0.25) is 14.4 Å². The van der Waals surface area contributed by atoms with Crippen molar-refractivity contribution in [1.29, 1.82) is 0 Å². The van der Waals surface area contributed by atoms with Crippen LogP contribution in [0.4, 0.5) is 0 Å². The highest BCUT2D eigenvalue weighted by Gasteiger charge is 2.63. The molecule has 3 aliphatic heterocycles. The minimum atomic E-state index is -0.359. The SMILES string of the molecule is Cc1cc(C(=O)NC[C@H]2[C@H]3CN(C(=O)c4c[nH]c(=O)cn4)C[C@]34CC[C@H]2O4)no1. The summed E-state index contributed by atoms with van der Waals surface area (Å²) in [4.78, 5) is 44.5. The van der Waals surface area contributed by atoms with Crippen LogP contribution in [0.2, 0.25) is 0 Å². The zero-order valence-corrected chi connectivity index (χ0v) is 15.9. The molecule has 2 bridgehead atoms. The Morgan fingerprint density at radius 2 is 2.28 bits per heavy atom. The average molecular weight is 399 g/mol. The minimum Gasteiger partial charge on any atom is -0.369 e. The van der Waals surface area contributed by atoms with Crippen LogP contribution in [0.3, 0.4) is 0 Å². The first-order chi connectivity index (χ1) is 13.9. The Kier molecular flexibility index (Phi) is 4.05. The first-order valence-electron chi connectivity index (χ1n) is 9.68. The molecule has 5 heterocycles. The van der Waals surface area contributed by atoms with Crippen LogP contribution in [0.25, 0.3) is 0 Å². The van der Waals surface area contributed by atoms with Crippen molar-refractivity contribution in [3.05, 3.63) is 46.0 Å². The zero-order valence-electron chi connectivity index (χ0n) is 15.9. The number of aromatic nitrogens is 3. The molecule has 4 atom stereocenters. The van der Waals surface area contributed by atoms with Crippen molar-refractivity contribution in [2.45, 2.75) is 31.5 Å². The average Bonchev–Trinajstić information content (AvgIpc) is 3.46. The molecule has 2 aromatic rings. The largest absolute Gasteiger partial charge is 0.369 e. The molecule has 0 aromatic carbocycles. The van der Waals surface area contributed by atoms with E-state index < -0.39 is 0 Å². The smallest absolute Gasteiger partial charge is 0.274 e. The maximum absolute atomic E-state index is 12.8. The molecule has 1 spiro atoms. The monoisotopic (exact) mass is 399 g/mol. The van der Waals surface area contributed by atoms with E-state index in [1.165, 1.54) is 6.20 Å². The van der Waals surface area contributed by atoms with E-state index in [0.29, 0.717) is 25.4 Å². The number of aromatic amines is 1. The number of hydrogen-bond donors (Lipinski definition) is 2. The lowest BCUT2D eigenvalue weighted by Crippen LogP contribution is -2.42. The molecule has 0 saturated carbocycles. The summed E-state index contributed by atoms with van der Waals surface area (Å²) in [6.07, 6.45) is 4.35. The summed E-state index contributed by atoms with van der Waals surface area (Å²) >= 11 is 0. The number of fused-ring (bicyclic) bond motifs is 1. The van der Waals surface area contributed by atoms with Crippen LogP contribution in [-0.4, -0.2) is 63.2 Å². The second-order valence-corrected chi connectivity index (χ2v) is 8.04. The lowest BCUT2D eigenvalue weighted by atomic mass is 9.73. The van der Waals surface area contributed by atoms with Gasteiger partial charge in [-0.2, -0.15) is 0 Å². The van der Waals surface area contributed by atoms with Crippen molar-refractivity contribution in [2.24, 2.45) is 11.8 Å². The number of amides is 2. The van der Waals surface area contributed by atoms with Crippen LogP contribution >= 0.6 is 0 Å². The Hall–Kier alpha value is -3.01. The van der Waals surface area contributed by atoms with E-state index in [2.05, 4.69) is 20.4 Å². The molecule has 2 aromatic heterocycles. The maximum atomic E-state index is 12.8. The van der Waals surface area contributed by atoms with Crippen molar-refractivity contribution >= 4 is 11.8 Å². The summed E-state index contributed by atoms with van der Waals surface area (Å²) in [5.74, 6) is 0.354. The van der Waals surface area contributed by atoms with E-state index in [4.69, 9.17) is 9.26 Å². The summed E-state index contributed by atoms with van der Waals surface area (Å²) in [7, 11) is 0. The van der Waals surface area contributed by atoms with Gasteiger partial charge in [0.1, 0.15) is 11.5 Å². The fourth-order valence-electron chi connectivity index (χ4n) is 5.01. The van der Waals surface area contributed by atoms with Gasteiger partial charge in [0.15, 0.2) is 5.69 Å². The maximum Gasteiger partial charge on any atom is 0.274 e. The van der Waals surface area contributed by atoms with Gasteiger partial charge < -0.3 is 24.5 Å². The molecule has 3 saturated heterocycles. The third kappa shape index (κ3) is 2.94. The second-order valence-electron chi connectivity index (χ2n) is 8.04. The first-order valence-corrected chi connectivity index (χ1v) is 9.68. The van der Waals surface area contributed by atoms with Crippen LogP contribution in [-0.2, 0) is 4.74 Å². The number of nitrogens with one attached hydrogen (secondary N) is 2. The summed E-state index contributed by atoms with van der Waals surface area (Å²) in [5.41, 5.74) is -0.239. The Balaban J connectivity index is 1.28. The van der Waals surface area contributed by atoms with Gasteiger partial charge in [0.05, 0.1) is 24.4 Å². The number of nitrogens with zero attached hydrogens (tertiary/aromatic N) is 3. The third-order valence-corrected chi connectivity index (χ3v) is 6.32. The molecule has 0 aliphatic carbocycles. The number of rotatable bonds is 4. The van der Waals surface area contributed by atoms with E-state index in [-0.39, 0.29) is 52.3 Å². The number of hydrogen-bond acceptors (Lipinski definition) is 7. The lowest BCUT2D eigenvalue weighted by molar-refractivity contribution is 0.00310. The van der Waals surface area contributed by atoms with E-state index in [9.17, 15) is 14.4 Å². The summed E-state index contributed by atoms with van der Waals surface area (Å²) in [5, 5.41) is 6.68. The summed E-state index contributed by atoms with van der Waals surface area (Å²) in [6.45, 7) is 3.24. The normalized spacial score (nSPS) is 29.8. The van der Waals surface area contributed by atoms with Crippen molar-refractivity contribution in [2.75, 3.05) is 19.6 Å². The van der Waals surface area contributed by atoms with E-state index in [1.807, 2.05) is 0 Å². The molecule has 10 heteroatoms. The van der Waals surface area contributed by atoms with Crippen molar-refractivity contribution in [1.82, 2.24) is 25.3 Å². The summed E-state index contributed by atoms with van der Waals surface area (Å²) < 4.78 is 11.3. The fraction of sp³-hybridized carbons (Fsp3) is 0.526. The zero-order chi connectivity index (χ0) is 20.2. The fourth-order valence-corrected chi connectivity index (χ4v) is 5.01. The molecule has 29 heavy (non-hydrogen) atoms. The predicted molar refractivity (Wildman–Crippen MR) is 98.2 cm³/mol. The molecule has 152 valence electrons. The van der Waals surface area contributed by atoms with Gasteiger partial charge >= 0.3 is 0 Å². The Labute approximate surface area is 165 Å². The topological polar surface area (TPSA) is 130 Å². The minimum absolute atomic E-state index is 0.0859. The Morgan fingerprint density at radius 3 is 3.00 bits per heavy atom. The molecular weight excluding hydrogens is 378 g/mol. The van der Waals surface area contributed by atoms with Crippen LogP contribution in [0.15, 0.2) is 27.8 Å². The number of carbonyl (C=O) groups excluding carboxylic acids is 2. The molecule has 0 radical (unpaired) electrons. The number of H-pyrrole nitrogens is 1. The van der Waals surface area contributed by atoms with Gasteiger partial charge in [-0.1, -0.05) is 5.16 Å². The second kappa shape index (κ2) is 6.51. The van der Waals surface area contributed by atoms with Crippen LogP contribution in [0.1, 0.15) is 39.6 Å². The molecule has 3 aliphatic rings. The molecule has 5 rings (SSSR count). The first kappa shape index (κ1) is 18.0. The van der Waals surface area contributed by atoms with E-state index >= 15 is 0 Å². The van der Waals surface area contributed by atoms with Crippen molar-refractivity contribution < 1.29 is 18.8 Å². The van der Waals surface area contributed by atoms with E-state index in [0.717, 1.165) is 19.0 Å². The quantitative estimate of drug-likeness (QED) is 0.746. The van der Waals surface area contributed by atoms with Crippen molar-refractivity contribution in [3.63, 3.8) is 0 Å². The highest BCUT2D eigenvalue weighted by atomic mass is 16.5. The van der Waals surface area contributed by atoms with Gasteiger partial charge in [-0.25, -0.2) is 4.98 Å². The Morgan fingerprint density at radius 1 is 1.41 bits per heavy atom. The molecule has 10 nitrogen and oxygen atoms in total. The van der Waals surface area contributed by atoms with Crippen LogP contribution in [0.5, 0.6) is 0 Å². The van der Waals surface area contributed by atoms with Gasteiger partial charge in [-0.15, -0.1) is 0 Å². The van der Waals surface area contributed by atoms with Gasteiger partial charge in [0.25, 0.3) is 17.4 Å². The number of ether oxygens (including phenoxy) is 1. The van der Waals surface area contributed by atoms with Gasteiger partial charge in [0.2, 0.25) is 0 Å². The number of aryl methyl sites for hydroxylation is 1. The molecule has 2 N–H and O–H groups in total. The molecule has 3 fully saturated rings. The lowest BCUT2D eigenvalue weighted by Gasteiger charge is -2.29. The predicted octanol–water partition coefficient (Wildman–Crippen LogP) is 0.116. The summed E-state index contributed by atoms with van der Waals surface area (Å²) in [6, 6.07) is 1.60. The Bertz CT molecular complexity index is 1010. The van der Waals surface area contributed by atoms with Crippen LogP contribution in [0, 0.1) is 18.8 Å². The van der Waals surface area contributed by atoms with Crippen molar-refractivity contribution in [3.8, 4) is 0 Å². The van der Waals surface area contributed by atoms with Gasteiger partial charge in [-0.05, 0) is 19.8 Å². The molecule has 2 amide bonds. The molecule has 0 unspecified atom stereocenters. The highest BCUT2D eigenvalue weighted by molar-refractivity contribution is 5.92. The highest BCUT2D eigenvalue weighted by Crippen LogP contribution is 2.54. The third-order valence-electron chi connectivity index (χ3n) is 6.32. The number of carbonyl (C=O) groups is 2. The standard InChI is InChI=1S/C19H21N5O5/c1-10-4-13(23-29-10)17(26)22-5-11-12-8-24(9-19(12)3-2-15(11)28-19)18(27)14-6-21-16(25)7-20-14/h4,6-7,11-12,15H,2-3,5,8-9H2,1H3,(H,21,25)(H,22,26)/t11-,12+,15+,19+/m0/s1. The van der Waals surface area contributed by atoms with E-state index in [1.54, 1.807) is 17.9 Å². The molecular formula is C19H21N5O5. The number of likely N-dealkylation sites (tertiary alicyclic amines) is 1. The van der Waals surface area contributed by atoms with Gasteiger partial charge in [0, 0.05) is 37.2 Å². The van der Waals surface area contributed by atoms with Crippen LogP contribution < -0.4 is 10.9 Å².